The molecule has 0 bridgehead atoms. The van der Waals surface area contributed by atoms with Crippen molar-refractivity contribution in [3.63, 3.8) is 0 Å². The number of fused-ring (bicyclic) bond motifs is 6. The molecule has 24 nitrogen and oxygen atoms in total. The zero-order valence-electron chi connectivity index (χ0n) is 66.7. The molecule has 3 aromatic rings. The number of esters is 1. The van der Waals surface area contributed by atoms with E-state index < -0.39 is 29.4 Å². The molecule has 1 aromatic carbocycles. The molecule has 5 amide bonds. The van der Waals surface area contributed by atoms with E-state index in [1.807, 2.05) is 19.9 Å². The molecule has 0 radical (unpaired) electrons. The van der Waals surface area contributed by atoms with E-state index >= 15 is 0 Å². The molecular formula is C83H129FN8O16. The van der Waals surface area contributed by atoms with Gasteiger partial charge >= 0.3 is 5.97 Å². The van der Waals surface area contributed by atoms with Gasteiger partial charge in [0.15, 0.2) is 5.65 Å². The summed E-state index contributed by atoms with van der Waals surface area (Å²) in [5.74, 6) is 2.59. The molecule has 1 aliphatic heterocycles. The Hall–Kier alpha value is -6.35. The zero-order valence-corrected chi connectivity index (χ0v) is 66.7. The lowest BCUT2D eigenvalue weighted by Crippen LogP contribution is -2.62. The number of nitrogens with one attached hydrogen (secondary N) is 2. The summed E-state index contributed by atoms with van der Waals surface area (Å²) in [6.07, 6.45) is 18.1. The topological polar surface area (TPSA) is 297 Å². The number of nitrogens with zero attached hydrogens (tertiary/aromatic N) is 5. The van der Waals surface area contributed by atoms with Crippen LogP contribution in [0.4, 0.5) is 4.39 Å². The number of amides is 5. The number of aromatic nitrogens is 3. The number of hydrogen-bond donors (Lipinski definition) is 3. The minimum atomic E-state index is -1.18. The number of primary amides is 1. The highest BCUT2D eigenvalue weighted by atomic mass is 19.1. The number of Topliss-reactive ketones (excluding diaryl/α,β-unsaturated/α-hetero) is 2. The molecule has 8 rings (SSSR count). The summed E-state index contributed by atoms with van der Waals surface area (Å²) in [5, 5.41) is 10.1. The normalized spacial score (nSPS) is 23.1. The van der Waals surface area contributed by atoms with E-state index in [1.54, 1.807) is 32.6 Å². The van der Waals surface area contributed by atoms with E-state index in [4.69, 9.17) is 53.7 Å². The second-order valence-electron chi connectivity index (χ2n) is 33.7. The average molecular weight is 1510 g/mol. The van der Waals surface area contributed by atoms with E-state index in [0.29, 0.717) is 121 Å². The smallest absolute Gasteiger partial charge is 0.308 e. The molecule has 4 aliphatic carbocycles. The number of ether oxygens (including phenoxy) is 8. The number of imidazole rings is 1. The molecule has 5 aliphatic rings. The molecule has 604 valence electrons. The van der Waals surface area contributed by atoms with Crippen LogP contribution in [0.25, 0.3) is 16.9 Å². The molecule has 2 aromatic heterocycles. The van der Waals surface area contributed by atoms with Gasteiger partial charge in [-0.25, -0.2) is 13.9 Å². The molecule has 1 saturated heterocycles. The minimum Gasteiger partial charge on any atom is -0.462 e. The Morgan fingerprint density at radius 1 is 0.639 bits per heavy atom. The standard InChI is InChI=1S/C83H129FN8O16/c1-57(2)14-11-15-58(3)66-25-26-67-65-24-20-60-52-64(28-33-82(60,9)68(65)29-34-83(66,67)10)108-76(98)54-71(77(85)99)87-74(96)32-42-105-47-49-106-43-35-86-73(95)31-41-104-48-51-107-50-45-102-39-13-17-63(94)30-40-103-46-44-101-38-12-16-62(93)23-27-75(97)90-36-37-91(81(7,8)56-90)79(100)72-55-92-78(88-72)69(80(4,5)6)53-70(89-92)59-18-21-61(84)22-19-59/h18-19,21-22,53,55,57-58,60,64-68,71H,11-17,20,23-52,54,56H2,1-10H3,(H2,85,99)(H,86,95)(H,87,96)/t58?,60?,64?,65?,66-,67?,68?,71+,82+,83-/m1/s1. The fourth-order valence-electron chi connectivity index (χ4n) is 18.0. The molecule has 3 heterocycles. The van der Waals surface area contributed by atoms with Gasteiger partial charge in [0.05, 0.1) is 103 Å². The second-order valence-corrected chi connectivity index (χ2v) is 33.7. The van der Waals surface area contributed by atoms with Crippen LogP contribution >= 0.6 is 0 Å². The van der Waals surface area contributed by atoms with Crippen molar-refractivity contribution in [3.8, 4) is 11.3 Å². The fourth-order valence-corrected chi connectivity index (χ4v) is 18.0. The summed E-state index contributed by atoms with van der Waals surface area (Å²) < 4.78 is 60.3. The Kier molecular flexibility index (Phi) is 34.2. The number of nitrogens with two attached hydrogens (primary N) is 1. The van der Waals surface area contributed by atoms with E-state index in [1.165, 1.54) is 69.9 Å². The molecule has 5 fully saturated rings. The number of carbonyl (C=O) groups excluding carboxylic acids is 8. The summed E-state index contributed by atoms with van der Waals surface area (Å²) in [6, 6.07) is 6.87. The van der Waals surface area contributed by atoms with Gasteiger partial charge in [0.1, 0.15) is 35.2 Å². The lowest BCUT2D eigenvalue weighted by molar-refractivity contribution is -0.163. The van der Waals surface area contributed by atoms with Crippen molar-refractivity contribution in [2.24, 2.45) is 58.0 Å². The van der Waals surface area contributed by atoms with Gasteiger partial charge < -0.3 is 64.1 Å². The predicted octanol–water partition coefficient (Wildman–Crippen LogP) is 11.2. The summed E-state index contributed by atoms with van der Waals surface area (Å²) in [5.41, 5.74) is 8.35. The number of hydrogen-bond acceptors (Lipinski definition) is 18. The van der Waals surface area contributed by atoms with E-state index in [2.05, 4.69) is 66.0 Å². The van der Waals surface area contributed by atoms with Crippen LogP contribution in [0, 0.1) is 58.1 Å². The number of benzene rings is 1. The van der Waals surface area contributed by atoms with Gasteiger partial charge in [-0.3, -0.25) is 38.4 Å². The predicted molar refractivity (Wildman–Crippen MR) is 408 cm³/mol. The first-order valence-corrected chi connectivity index (χ1v) is 40.4. The van der Waals surface area contributed by atoms with Crippen molar-refractivity contribution in [3.05, 3.63) is 53.6 Å². The molecule has 6 unspecified atom stereocenters. The third-order valence-corrected chi connectivity index (χ3v) is 23.9. The molecule has 25 heteroatoms. The number of piperazine rings is 1. The highest BCUT2D eigenvalue weighted by molar-refractivity contribution is 5.94. The Bertz CT molecular complexity index is 3400. The van der Waals surface area contributed by atoms with E-state index in [0.717, 1.165) is 65.9 Å². The number of rotatable bonds is 47. The van der Waals surface area contributed by atoms with Crippen LogP contribution in [0.2, 0.25) is 0 Å². The number of ketones is 2. The van der Waals surface area contributed by atoms with Gasteiger partial charge in [-0.1, -0.05) is 74.7 Å². The monoisotopic (exact) mass is 1510 g/mol. The third-order valence-electron chi connectivity index (χ3n) is 23.9. The Morgan fingerprint density at radius 3 is 1.86 bits per heavy atom. The van der Waals surface area contributed by atoms with Gasteiger partial charge in [0.25, 0.3) is 5.91 Å². The summed E-state index contributed by atoms with van der Waals surface area (Å²) >= 11 is 0. The molecule has 4 saturated carbocycles. The first kappa shape index (κ1) is 87.2. The van der Waals surface area contributed by atoms with Crippen LogP contribution in [0.3, 0.4) is 0 Å². The van der Waals surface area contributed by atoms with Gasteiger partial charge in [-0.15, -0.1) is 0 Å². The Balaban J connectivity index is 0.541. The number of carbonyl (C=O) groups is 8. The minimum absolute atomic E-state index is 0.0259. The molecule has 10 atom stereocenters. The second kappa shape index (κ2) is 42.3. The maximum absolute atomic E-state index is 14.1. The van der Waals surface area contributed by atoms with Crippen molar-refractivity contribution >= 4 is 52.7 Å². The fraction of sp³-hybridized carbons (Fsp3) is 0.759. The van der Waals surface area contributed by atoms with Crippen molar-refractivity contribution < 1.29 is 80.6 Å². The highest BCUT2D eigenvalue weighted by Gasteiger charge is 2.61. The quantitative estimate of drug-likeness (QED) is 0.0350. The summed E-state index contributed by atoms with van der Waals surface area (Å²) in [7, 11) is 0. The van der Waals surface area contributed by atoms with Crippen molar-refractivity contribution in [1.29, 1.82) is 0 Å². The summed E-state index contributed by atoms with van der Waals surface area (Å²) in [6.45, 7) is 27.8. The van der Waals surface area contributed by atoms with E-state index in [9.17, 15) is 42.7 Å². The highest BCUT2D eigenvalue weighted by Crippen LogP contribution is 2.68. The van der Waals surface area contributed by atoms with Crippen LogP contribution in [0.5, 0.6) is 0 Å². The Labute approximate surface area is 640 Å². The largest absolute Gasteiger partial charge is 0.462 e. The average Bonchev–Trinajstić information content (AvgIpc) is 1.39. The van der Waals surface area contributed by atoms with Crippen molar-refractivity contribution in [1.82, 2.24) is 35.0 Å². The van der Waals surface area contributed by atoms with Crippen molar-refractivity contribution in [2.75, 3.05) is 119 Å². The molecular weight excluding hydrogens is 1380 g/mol. The lowest BCUT2D eigenvalue weighted by atomic mass is 9.44. The number of halogens is 1. The molecule has 4 N–H and O–H groups in total. The van der Waals surface area contributed by atoms with Crippen molar-refractivity contribution in [2.45, 2.75) is 234 Å². The van der Waals surface area contributed by atoms with Gasteiger partial charge in [0.2, 0.25) is 23.6 Å². The first-order chi connectivity index (χ1) is 51.6. The first-order valence-electron chi connectivity index (χ1n) is 40.4. The zero-order chi connectivity index (χ0) is 78.0. The van der Waals surface area contributed by atoms with Gasteiger partial charge in [-0.2, -0.15) is 5.10 Å². The summed E-state index contributed by atoms with van der Waals surface area (Å²) in [4.78, 5) is 111. The van der Waals surface area contributed by atoms with Crippen LogP contribution in [0.15, 0.2) is 36.5 Å². The van der Waals surface area contributed by atoms with Gasteiger partial charge in [0, 0.05) is 95.5 Å². The molecule has 108 heavy (non-hydrogen) atoms. The van der Waals surface area contributed by atoms with Gasteiger partial charge in [-0.05, 0) is 172 Å². The molecule has 0 spiro atoms. The SMILES string of the molecule is CC(C)CCCC(C)[C@H]1CCC2C3CCC4CC(OC(=O)C[C@H](NC(=O)CCOCCOCCNC(=O)CCOCCOCCOCCCC(=O)CCOCCOCCCC(=O)CCC(=O)N5CCN(C(=O)c6cn7nc(-c8ccc(F)cc8)cc(C(C)(C)C)c7n6)C(C)(C)C5)C(N)=O)CC[C@]4(C)C3CC[C@@]21C. The van der Waals surface area contributed by atoms with Crippen LogP contribution in [0.1, 0.15) is 227 Å². The maximum atomic E-state index is 14.1. The van der Waals surface area contributed by atoms with Crippen LogP contribution in [-0.4, -0.2) is 208 Å². The lowest BCUT2D eigenvalue weighted by Gasteiger charge is -2.61. The van der Waals surface area contributed by atoms with E-state index in [-0.39, 0.29) is 142 Å². The maximum Gasteiger partial charge on any atom is 0.308 e. The third kappa shape index (κ3) is 25.9. The van der Waals surface area contributed by atoms with Crippen LogP contribution in [-0.2, 0) is 76.9 Å². The van der Waals surface area contributed by atoms with Crippen LogP contribution < -0.4 is 16.4 Å². The Morgan fingerprint density at radius 2 is 1.23 bits per heavy atom.